The molecule has 1 atom stereocenters. The predicted octanol–water partition coefficient (Wildman–Crippen LogP) is 2.05. The molecule has 0 amide bonds. The van der Waals surface area contributed by atoms with Crippen LogP contribution in [0, 0.1) is 0 Å². The Morgan fingerprint density at radius 3 is 2.78 bits per heavy atom. The van der Waals surface area contributed by atoms with E-state index in [0.717, 1.165) is 37.1 Å². The Balaban J connectivity index is 2.24. The number of likely N-dealkylation sites (tertiary alicyclic amines) is 1. The summed E-state index contributed by atoms with van der Waals surface area (Å²) in [7, 11) is 1.64. The van der Waals surface area contributed by atoms with E-state index in [0.29, 0.717) is 6.61 Å². The van der Waals surface area contributed by atoms with E-state index in [1.165, 1.54) is 0 Å². The SMILES string of the molecule is COCc1cccc(C(C(=O)O)N2CCCC2)c1. The molecule has 4 heteroatoms. The van der Waals surface area contributed by atoms with Gasteiger partial charge in [-0.25, -0.2) is 0 Å². The highest BCUT2D eigenvalue weighted by Crippen LogP contribution is 2.26. The van der Waals surface area contributed by atoms with Gasteiger partial charge in [-0.05, 0) is 37.1 Å². The van der Waals surface area contributed by atoms with E-state index in [2.05, 4.69) is 0 Å². The number of hydrogen-bond donors (Lipinski definition) is 1. The molecule has 0 spiro atoms. The molecule has 1 unspecified atom stereocenters. The lowest BCUT2D eigenvalue weighted by molar-refractivity contribution is -0.143. The Morgan fingerprint density at radius 2 is 2.17 bits per heavy atom. The molecule has 1 N–H and O–H groups in total. The zero-order chi connectivity index (χ0) is 13.0. The second kappa shape index (κ2) is 5.98. The minimum absolute atomic E-state index is 0.514. The van der Waals surface area contributed by atoms with E-state index in [1.807, 2.05) is 29.2 Å². The Hall–Kier alpha value is -1.39. The van der Waals surface area contributed by atoms with Gasteiger partial charge in [0.1, 0.15) is 6.04 Å². The predicted molar refractivity (Wildman–Crippen MR) is 68.3 cm³/mol. The Labute approximate surface area is 107 Å². The Morgan fingerprint density at radius 1 is 1.44 bits per heavy atom. The molecule has 1 fully saturated rings. The first kappa shape index (κ1) is 13.1. The van der Waals surface area contributed by atoms with Gasteiger partial charge in [0, 0.05) is 7.11 Å². The Bertz CT molecular complexity index is 413. The lowest BCUT2D eigenvalue weighted by Crippen LogP contribution is -2.31. The summed E-state index contributed by atoms with van der Waals surface area (Å²) in [6.45, 7) is 2.25. The average Bonchev–Trinajstić information content (AvgIpc) is 2.83. The van der Waals surface area contributed by atoms with Crippen molar-refractivity contribution in [2.75, 3.05) is 20.2 Å². The fraction of sp³-hybridized carbons (Fsp3) is 0.500. The number of ether oxygens (including phenoxy) is 1. The van der Waals surface area contributed by atoms with Crippen LogP contribution in [0.1, 0.15) is 30.0 Å². The molecular weight excluding hydrogens is 230 g/mol. The second-order valence-electron chi connectivity index (χ2n) is 4.66. The molecule has 0 saturated carbocycles. The van der Waals surface area contributed by atoms with Crippen molar-refractivity contribution in [3.8, 4) is 0 Å². The standard InChI is InChI=1S/C14H19NO3/c1-18-10-11-5-4-6-12(9-11)13(14(16)17)15-7-2-3-8-15/h4-6,9,13H,2-3,7-8,10H2,1H3,(H,16,17). The normalized spacial score (nSPS) is 17.8. The summed E-state index contributed by atoms with van der Waals surface area (Å²) < 4.78 is 5.09. The summed E-state index contributed by atoms with van der Waals surface area (Å²) in [4.78, 5) is 13.5. The number of carboxylic acids is 1. The van der Waals surface area contributed by atoms with Gasteiger partial charge in [-0.15, -0.1) is 0 Å². The number of benzene rings is 1. The van der Waals surface area contributed by atoms with Crippen LogP contribution in [0.3, 0.4) is 0 Å². The van der Waals surface area contributed by atoms with E-state index < -0.39 is 12.0 Å². The van der Waals surface area contributed by atoms with Crippen molar-refractivity contribution in [2.45, 2.75) is 25.5 Å². The Kier molecular flexibility index (Phi) is 4.33. The van der Waals surface area contributed by atoms with Gasteiger partial charge >= 0.3 is 5.97 Å². The van der Waals surface area contributed by atoms with Crippen LogP contribution in [0.4, 0.5) is 0 Å². The van der Waals surface area contributed by atoms with Gasteiger partial charge < -0.3 is 9.84 Å². The number of carboxylic acid groups (broad SMARTS) is 1. The van der Waals surface area contributed by atoms with Crippen molar-refractivity contribution in [1.29, 1.82) is 0 Å². The fourth-order valence-corrected chi connectivity index (χ4v) is 2.53. The third-order valence-corrected chi connectivity index (χ3v) is 3.32. The van der Waals surface area contributed by atoms with Crippen molar-refractivity contribution in [2.24, 2.45) is 0 Å². The van der Waals surface area contributed by atoms with Crippen molar-refractivity contribution in [3.05, 3.63) is 35.4 Å². The van der Waals surface area contributed by atoms with Crippen molar-refractivity contribution in [1.82, 2.24) is 4.90 Å². The minimum atomic E-state index is -0.772. The monoisotopic (exact) mass is 249 g/mol. The lowest BCUT2D eigenvalue weighted by atomic mass is 10.0. The fourth-order valence-electron chi connectivity index (χ4n) is 2.53. The summed E-state index contributed by atoms with van der Waals surface area (Å²) in [6.07, 6.45) is 2.17. The first-order chi connectivity index (χ1) is 8.72. The molecule has 0 radical (unpaired) electrons. The van der Waals surface area contributed by atoms with Crippen LogP contribution in [0.25, 0.3) is 0 Å². The highest BCUT2D eigenvalue weighted by molar-refractivity contribution is 5.75. The molecule has 1 aliphatic rings. The number of hydrogen-bond acceptors (Lipinski definition) is 3. The molecule has 1 aromatic carbocycles. The number of nitrogens with zero attached hydrogens (tertiary/aromatic N) is 1. The van der Waals surface area contributed by atoms with E-state index >= 15 is 0 Å². The van der Waals surface area contributed by atoms with Crippen LogP contribution in [0.5, 0.6) is 0 Å². The molecule has 2 rings (SSSR count). The molecular formula is C14H19NO3. The third kappa shape index (κ3) is 2.89. The molecule has 4 nitrogen and oxygen atoms in total. The zero-order valence-electron chi connectivity index (χ0n) is 10.6. The van der Waals surface area contributed by atoms with Crippen LogP contribution >= 0.6 is 0 Å². The molecule has 1 aromatic rings. The summed E-state index contributed by atoms with van der Waals surface area (Å²) >= 11 is 0. The van der Waals surface area contributed by atoms with Crippen LogP contribution in [-0.4, -0.2) is 36.2 Å². The van der Waals surface area contributed by atoms with E-state index in [-0.39, 0.29) is 0 Å². The zero-order valence-corrected chi connectivity index (χ0v) is 10.6. The number of carbonyl (C=O) groups is 1. The van der Waals surface area contributed by atoms with Crippen LogP contribution < -0.4 is 0 Å². The molecule has 98 valence electrons. The lowest BCUT2D eigenvalue weighted by Gasteiger charge is -2.24. The van der Waals surface area contributed by atoms with E-state index in [9.17, 15) is 9.90 Å². The van der Waals surface area contributed by atoms with Gasteiger partial charge in [-0.3, -0.25) is 9.69 Å². The summed E-state index contributed by atoms with van der Waals surface area (Å²) in [6, 6.07) is 7.15. The number of methoxy groups -OCH3 is 1. The maximum Gasteiger partial charge on any atom is 0.325 e. The third-order valence-electron chi connectivity index (χ3n) is 3.32. The maximum absolute atomic E-state index is 11.5. The van der Waals surface area contributed by atoms with Crippen LogP contribution in [-0.2, 0) is 16.1 Å². The quantitative estimate of drug-likeness (QED) is 0.867. The molecule has 1 heterocycles. The van der Waals surface area contributed by atoms with E-state index in [4.69, 9.17) is 4.74 Å². The van der Waals surface area contributed by atoms with Crippen LogP contribution in [0.15, 0.2) is 24.3 Å². The van der Waals surface area contributed by atoms with Gasteiger partial charge in [0.15, 0.2) is 0 Å². The van der Waals surface area contributed by atoms with Crippen molar-refractivity contribution in [3.63, 3.8) is 0 Å². The minimum Gasteiger partial charge on any atom is -0.480 e. The molecule has 18 heavy (non-hydrogen) atoms. The van der Waals surface area contributed by atoms with Gasteiger partial charge in [0.25, 0.3) is 0 Å². The molecule has 0 aromatic heterocycles. The topological polar surface area (TPSA) is 49.8 Å². The summed E-state index contributed by atoms with van der Waals surface area (Å²) in [5.74, 6) is -0.772. The highest BCUT2D eigenvalue weighted by Gasteiger charge is 2.29. The second-order valence-corrected chi connectivity index (χ2v) is 4.66. The smallest absolute Gasteiger partial charge is 0.325 e. The first-order valence-electron chi connectivity index (χ1n) is 6.27. The van der Waals surface area contributed by atoms with E-state index in [1.54, 1.807) is 7.11 Å². The van der Waals surface area contributed by atoms with Crippen LogP contribution in [0.2, 0.25) is 0 Å². The highest BCUT2D eigenvalue weighted by atomic mass is 16.5. The maximum atomic E-state index is 11.5. The van der Waals surface area contributed by atoms with Gasteiger partial charge in [0.2, 0.25) is 0 Å². The average molecular weight is 249 g/mol. The number of rotatable bonds is 5. The van der Waals surface area contributed by atoms with Gasteiger partial charge in [-0.2, -0.15) is 0 Å². The first-order valence-corrected chi connectivity index (χ1v) is 6.27. The molecule has 0 aliphatic carbocycles. The molecule has 1 aliphatic heterocycles. The number of aliphatic carboxylic acids is 1. The largest absolute Gasteiger partial charge is 0.480 e. The molecule has 1 saturated heterocycles. The van der Waals surface area contributed by atoms with Crippen molar-refractivity contribution >= 4 is 5.97 Å². The van der Waals surface area contributed by atoms with Gasteiger partial charge in [-0.1, -0.05) is 24.3 Å². The molecule has 0 bridgehead atoms. The summed E-state index contributed by atoms with van der Waals surface area (Å²) in [5.41, 5.74) is 1.86. The summed E-state index contributed by atoms with van der Waals surface area (Å²) in [5, 5.41) is 9.43. The van der Waals surface area contributed by atoms with Crippen molar-refractivity contribution < 1.29 is 14.6 Å². The van der Waals surface area contributed by atoms with Gasteiger partial charge in [0.05, 0.1) is 6.61 Å².